The minimum atomic E-state index is -4.32. The second-order valence-corrected chi connectivity index (χ2v) is 7.15. The van der Waals surface area contributed by atoms with Crippen LogP contribution >= 0.6 is 0 Å². The summed E-state index contributed by atoms with van der Waals surface area (Å²) in [6, 6.07) is 5.96. The highest BCUT2D eigenvalue weighted by atomic mass is 19.4. The Morgan fingerprint density at radius 1 is 1.19 bits per heavy atom. The summed E-state index contributed by atoms with van der Waals surface area (Å²) in [7, 11) is 1.54. The molecule has 1 aliphatic heterocycles. The zero-order valence-corrected chi connectivity index (χ0v) is 15.1. The fourth-order valence-corrected chi connectivity index (χ4v) is 3.89. The highest BCUT2D eigenvalue weighted by Gasteiger charge is 2.47. The highest BCUT2D eigenvalue weighted by molar-refractivity contribution is 6.00. The number of hydrogen-bond donors (Lipinski definition) is 1. The minimum Gasteiger partial charge on any atom is -0.497 e. The first-order valence-electron chi connectivity index (χ1n) is 9.11. The van der Waals surface area contributed by atoms with Crippen LogP contribution in [0.5, 0.6) is 5.75 Å². The van der Waals surface area contributed by atoms with Crippen LogP contribution in [0.2, 0.25) is 0 Å². The summed E-state index contributed by atoms with van der Waals surface area (Å²) in [4.78, 5) is 26.3. The lowest BCUT2D eigenvalue weighted by molar-refractivity contribution is -0.189. The standard InChI is InChI=1S/C19H23F3N2O3/c1-27-14-8-6-13(7-9-14)24-11-12(10-17(24)25)18(26)23-16-5-3-2-4-15(16)19(20,21)22/h6-9,12,15-16H,2-5,10-11H2,1H3,(H,23,26)/t12-,15+,16-/m1/s1. The van der Waals surface area contributed by atoms with Crippen LogP contribution in [-0.4, -0.2) is 37.7 Å². The fourth-order valence-electron chi connectivity index (χ4n) is 3.89. The molecule has 0 aromatic heterocycles. The number of ether oxygens (including phenoxy) is 1. The molecule has 1 heterocycles. The first-order chi connectivity index (χ1) is 12.8. The Morgan fingerprint density at radius 3 is 2.48 bits per heavy atom. The molecule has 3 rings (SSSR count). The molecule has 1 aromatic carbocycles. The lowest BCUT2D eigenvalue weighted by atomic mass is 9.83. The molecule has 0 unspecified atom stereocenters. The number of rotatable bonds is 4. The Balaban J connectivity index is 1.64. The van der Waals surface area contributed by atoms with E-state index in [-0.39, 0.29) is 25.3 Å². The molecule has 0 radical (unpaired) electrons. The number of nitrogens with zero attached hydrogens (tertiary/aromatic N) is 1. The summed E-state index contributed by atoms with van der Waals surface area (Å²) in [5.74, 6) is -2.19. The van der Waals surface area contributed by atoms with Gasteiger partial charge in [0.25, 0.3) is 0 Å². The van der Waals surface area contributed by atoms with Gasteiger partial charge in [-0.1, -0.05) is 12.8 Å². The molecule has 2 aliphatic rings. The van der Waals surface area contributed by atoms with Gasteiger partial charge in [0.2, 0.25) is 11.8 Å². The van der Waals surface area contributed by atoms with Gasteiger partial charge in [0.1, 0.15) is 5.75 Å². The van der Waals surface area contributed by atoms with Crippen molar-refractivity contribution in [3.05, 3.63) is 24.3 Å². The van der Waals surface area contributed by atoms with Crippen LogP contribution in [0, 0.1) is 11.8 Å². The summed E-state index contributed by atoms with van der Waals surface area (Å²) in [6.07, 6.45) is -2.78. The molecule has 1 saturated heterocycles. The smallest absolute Gasteiger partial charge is 0.393 e. The van der Waals surface area contributed by atoms with E-state index >= 15 is 0 Å². The van der Waals surface area contributed by atoms with E-state index in [0.29, 0.717) is 30.7 Å². The van der Waals surface area contributed by atoms with E-state index in [9.17, 15) is 22.8 Å². The van der Waals surface area contributed by atoms with Gasteiger partial charge in [0, 0.05) is 24.7 Å². The fraction of sp³-hybridized carbons (Fsp3) is 0.579. The van der Waals surface area contributed by atoms with Crippen molar-refractivity contribution in [3.8, 4) is 5.75 Å². The van der Waals surface area contributed by atoms with Crippen LogP contribution in [0.25, 0.3) is 0 Å². The highest BCUT2D eigenvalue weighted by Crippen LogP contribution is 2.38. The van der Waals surface area contributed by atoms with Gasteiger partial charge >= 0.3 is 6.18 Å². The van der Waals surface area contributed by atoms with Crippen LogP contribution in [-0.2, 0) is 9.59 Å². The molecular weight excluding hydrogens is 361 g/mol. The van der Waals surface area contributed by atoms with E-state index in [0.717, 1.165) is 0 Å². The summed E-state index contributed by atoms with van der Waals surface area (Å²) < 4.78 is 44.7. The Hall–Kier alpha value is -2.25. The largest absolute Gasteiger partial charge is 0.497 e. The molecular formula is C19H23F3N2O3. The van der Waals surface area contributed by atoms with Crippen molar-refractivity contribution in [1.82, 2.24) is 5.32 Å². The number of hydrogen-bond acceptors (Lipinski definition) is 3. The van der Waals surface area contributed by atoms with E-state index in [1.165, 1.54) is 12.0 Å². The van der Waals surface area contributed by atoms with Crippen LogP contribution in [0.1, 0.15) is 32.1 Å². The number of nitrogens with one attached hydrogen (secondary N) is 1. The van der Waals surface area contributed by atoms with E-state index in [1.807, 2.05) is 0 Å². The average Bonchev–Trinajstić information content (AvgIpc) is 3.03. The molecule has 0 bridgehead atoms. The van der Waals surface area contributed by atoms with Crippen molar-refractivity contribution < 1.29 is 27.5 Å². The molecule has 1 saturated carbocycles. The topological polar surface area (TPSA) is 58.6 Å². The quantitative estimate of drug-likeness (QED) is 0.867. The molecule has 148 valence electrons. The Labute approximate surface area is 155 Å². The second-order valence-electron chi connectivity index (χ2n) is 7.15. The number of alkyl halides is 3. The summed E-state index contributed by atoms with van der Waals surface area (Å²) >= 11 is 0. The number of methoxy groups -OCH3 is 1. The van der Waals surface area contributed by atoms with Gasteiger partial charge < -0.3 is 15.0 Å². The zero-order valence-electron chi connectivity index (χ0n) is 15.1. The SMILES string of the molecule is COc1ccc(N2C[C@H](C(=O)N[C@@H]3CCCC[C@@H]3C(F)(F)F)CC2=O)cc1. The molecule has 27 heavy (non-hydrogen) atoms. The van der Waals surface area contributed by atoms with E-state index in [4.69, 9.17) is 4.74 Å². The number of carbonyl (C=O) groups excluding carboxylic acids is 2. The van der Waals surface area contributed by atoms with Crippen molar-refractivity contribution in [2.45, 2.75) is 44.3 Å². The van der Waals surface area contributed by atoms with Crippen molar-refractivity contribution >= 4 is 17.5 Å². The van der Waals surface area contributed by atoms with Gasteiger partial charge in [-0.25, -0.2) is 0 Å². The molecule has 1 aromatic rings. The monoisotopic (exact) mass is 384 g/mol. The zero-order chi connectivity index (χ0) is 19.6. The van der Waals surface area contributed by atoms with Crippen LogP contribution in [0.3, 0.4) is 0 Å². The molecule has 3 atom stereocenters. The third-order valence-electron chi connectivity index (χ3n) is 5.39. The van der Waals surface area contributed by atoms with Crippen LogP contribution in [0.4, 0.5) is 18.9 Å². The Bertz CT molecular complexity index is 690. The maximum atomic E-state index is 13.2. The first kappa shape index (κ1) is 19.5. The normalized spacial score (nSPS) is 26.1. The Kier molecular flexibility index (Phi) is 5.62. The van der Waals surface area contributed by atoms with Gasteiger partial charge in [0.05, 0.1) is 18.9 Å². The lowest BCUT2D eigenvalue weighted by Crippen LogP contribution is -2.49. The van der Waals surface area contributed by atoms with Gasteiger partial charge in [-0.15, -0.1) is 0 Å². The van der Waals surface area contributed by atoms with Gasteiger partial charge in [-0.3, -0.25) is 9.59 Å². The first-order valence-corrected chi connectivity index (χ1v) is 9.11. The molecule has 2 fully saturated rings. The number of carbonyl (C=O) groups is 2. The molecule has 0 spiro atoms. The molecule has 1 aliphatic carbocycles. The third-order valence-corrected chi connectivity index (χ3v) is 5.39. The van der Waals surface area contributed by atoms with Crippen molar-refractivity contribution in [1.29, 1.82) is 0 Å². The van der Waals surface area contributed by atoms with E-state index in [1.54, 1.807) is 24.3 Å². The lowest BCUT2D eigenvalue weighted by Gasteiger charge is -2.34. The van der Waals surface area contributed by atoms with Gasteiger partial charge in [-0.2, -0.15) is 13.2 Å². The van der Waals surface area contributed by atoms with Crippen molar-refractivity contribution in [3.63, 3.8) is 0 Å². The van der Waals surface area contributed by atoms with E-state index in [2.05, 4.69) is 5.32 Å². The molecule has 1 N–H and O–H groups in total. The van der Waals surface area contributed by atoms with Crippen LogP contribution in [0.15, 0.2) is 24.3 Å². The number of anilines is 1. The minimum absolute atomic E-state index is 0.00126. The number of halogens is 3. The Morgan fingerprint density at radius 2 is 1.85 bits per heavy atom. The number of amides is 2. The predicted molar refractivity (Wildman–Crippen MR) is 93.4 cm³/mol. The average molecular weight is 384 g/mol. The van der Waals surface area contributed by atoms with Crippen molar-refractivity contribution in [2.24, 2.45) is 11.8 Å². The molecule has 8 heteroatoms. The number of benzene rings is 1. The third kappa shape index (κ3) is 4.36. The van der Waals surface area contributed by atoms with Crippen LogP contribution < -0.4 is 15.0 Å². The summed E-state index contributed by atoms with van der Waals surface area (Å²) in [6.45, 7) is 0.167. The maximum absolute atomic E-state index is 13.2. The summed E-state index contributed by atoms with van der Waals surface area (Å²) in [5, 5.41) is 2.57. The van der Waals surface area contributed by atoms with Gasteiger partial charge in [-0.05, 0) is 37.1 Å². The molecule has 5 nitrogen and oxygen atoms in total. The second kappa shape index (κ2) is 7.78. The summed E-state index contributed by atoms with van der Waals surface area (Å²) in [5.41, 5.74) is 0.641. The van der Waals surface area contributed by atoms with Gasteiger partial charge in [0.15, 0.2) is 0 Å². The van der Waals surface area contributed by atoms with Crippen molar-refractivity contribution in [2.75, 3.05) is 18.6 Å². The predicted octanol–water partition coefficient (Wildman–Crippen LogP) is 3.29. The van der Waals surface area contributed by atoms with E-state index < -0.39 is 30.0 Å². The maximum Gasteiger partial charge on any atom is 0.393 e. The molecule has 2 amide bonds.